The monoisotopic (exact) mass is 251 g/mol. The van der Waals surface area contributed by atoms with Crippen LogP contribution in [-0.2, 0) is 9.53 Å². The molecule has 98 valence electrons. The van der Waals surface area contributed by atoms with Crippen molar-refractivity contribution in [1.29, 1.82) is 0 Å². The maximum Gasteiger partial charge on any atom is 0.339 e. The van der Waals surface area contributed by atoms with E-state index in [0.29, 0.717) is 18.0 Å². The van der Waals surface area contributed by atoms with Crippen LogP contribution in [0.3, 0.4) is 0 Å². The molecular formula is C12H17N3O3. The van der Waals surface area contributed by atoms with E-state index in [1.807, 2.05) is 0 Å². The first-order chi connectivity index (χ1) is 8.54. The van der Waals surface area contributed by atoms with E-state index in [4.69, 9.17) is 4.74 Å². The molecule has 1 N–H and O–H groups in total. The molecule has 1 rings (SSSR count). The third kappa shape index (κ3) is 4.04. The number of carbonyl (C=O) groups is 2. The molecule has 1 aromatic heterocycles. The molecule has 0 fully saturated rings. The highest BCUT2D eigenvalue weighted by Crippen LogP contribution is 2.06. The minimum absolute atomic E-state index is 0.0498. The number of likely N-dealkylation sites (N-methyl/N-ethyl adjacent to an activating group) is 1. The van der Waals surface area contributed by atoms with Crippen molar-refractivity contribution in [3.05, 3.63) is 23.9 Å². The number of rotatable bonds is 5. The number of nitrogens with zero attached hydrogens (tertiary/aromatic N) is 2. The summed E-state index contributed by atoms with van der Waals surface area (Å²) in [4.78, 5) is 28.2. The van der Waals surface area contributed by atoms with Gasteiger partial charge >= 0.3 is 5.97 Å². The van der Waals surface area contributed by atoms with Gasteiger partial charge in [-0.15, -0.1) is 0 Å². The highest BCUT2D eigenvalue weighted by molar-refractivity contribution is 5.89. The fourth-order valence-electron chi connectivity index (χ4n) is 1.16. The summed E-state index contributed by atoms with van der Waals surface area (Å²) in [5, 5.41) is 2.87. The Bertz CT molecular complexity index is 415. The lowest BCUT2D eigenvalue weighted by Gasteiger charge is -2.11. The number of esters is 1. The smallest absolute Gasteiger partial charge is 0.339 e. The Morgan fingerprint density at radius 2 is 2.11 bits per heavy atom. The quantitative estimate of drug-likeness (QED) is 0.782. The highest BCUT2D eigenvalue weighted by Gasteiger charge is 2.07. The number of amides is 1. The number of hydrogen-bond donors (Lipinski definition) is 1. The van der Waals surface area contributed by atoms with Gasteiger partial charge in [-0.1, -0.05) is 0 Å². The Labute approximate surface area is 106 Å². The van der Waals surface area contributed by atoms with Crippen molar-refractivity contribution >= 4 is 17.7 Å². The molecule has 0 unspecified atom stereocenters. The van der Waals surface area contributed by atoms with E-state index in [1.54, 1.807) is 33.2 Å². The molecule has 1 heterocycles. The van der Waals surface area contributed by atoms with Gasteiger partial charge in [0.2, 0.25) is 5.91 Å². The minimum Gasteiger partial charge on any atom is -0.462 e. The van der Waals surface area contributed by atoms with Gasteiger partial charge in [-0.2, -0.15) is 0 Å². The van der Waals surface area contributed by atoms with Gasteiger partial charge in [-0.05, 0) is 19.1 Å². The van der Waals surface area contributed by atoms with Crippen molar-refractivity contribution in [3.63, 3.8) is 0 Å². The summed E-state index contributed by atoms with van der Waals surface area (Å²) < 4.78 is 4.84. The molecule has 0 atom stereocenters. The van der Waals surface area contributed by atoms with Crippen LogP contribution in [0.1, 0.15) is 17.3 Å². The highest BCUT2D eigenvalue weighted by atomic mass is 16.5. The number of carbonyl (C=O) groups excluding carboxylic acids is 2. The van der Waals surface area contributed by atoms with Crippen LogP contribution >= 0.6 is 0 Å². The van der Waals surface area contributed by atoms with Crippen LogP contribution in [0, 0.1) is 0 Å². The number of hydrogen-bond acceptors (Lipinski definition) is 5. The Morgan fingerprint density at radius 1 is 1.39 bits per heavy atom. The molecule has 0 aromatic carbocycles. The molecule has 0 aliphatic heterocycles. The lowest BCUT2D eigenvalue weighted by molar-refractivity contribution is -0.126. The minimum atomic E-state index is -0.402. The normalized spacial score (nSPS) is 9.72. The molecule has 0 aliphatic carbocycles. The summed E-state index contributed by atoms with van der Waals surface area (Å²) in [5.41, 5.74) is 0.390. The van der Waals surface area contributed by atoms with Gasteiger partial charge in [0.1, 0.15) is 5.82 Å². The van der Waals surface area contributed by atoms with E-state index in [0.717, 1.165) is 0 Å². The zero-order chi connectivity index (χ0) is 13.5. The Morgan fingerprint density at radius 3 is 2.61 bits per heavy atom. The Hall–Kier alpha value is -2.11. The molecule has 6 heteroatoms. The zero-order valence-electron chi connectivity index (χ0n) is 10.8. The molecule has 0 aliphatic rings. The molecule has 0 spiro atoms. The van der Waals surface area contributed by atoms with Crippen molar-refractivity contribution in [2.75, 3.05) is 32.6 Å². The second-order valence-corrected chi connectivity index (χ2v) is 3.79. The number of anilines is 1. The molecule has 1 aromatic rings. The number of aromatic nitrogens is 1. The third-order valence-electron chi connectivity index (χ3n) is 2.19. The fourth-order valence-corrected chi connectivity index (χ4v) is 1.16. The lowest BCUT2D eigenvalue weighted by atomic mass is 10.3. The first-order valence-electron chi connectivity index (χ1n) is 5.61. The van der Waals surface area contributed by atoms with Crippen molar-refractivity contribution in [2.24, 2.45) is 0 Å². The van der Waals surface area contributed by atoms with Crippen LogP contribution in [0.15, 0.2) is 18.3 Å². The van der Waals surface area contributed by atoms with E-state index in [2.05, 4.69) is 10.3 Å². The van der Waals surface area contributed by atoms with E-state index in [9.17, 15) is 9.59 Å². The Kier molecular flexibility index (Phi) is 5.10. The third-order valence-corrected chi connectivity index (χ3v) is 2.19. The number of pyridine rings is 1. The van der Waals surface area contributed by atoms with Gasteiger partial charge in [0.05, 0.1) is 18.7 Å². The van der Waals surface area contributed by atoms with Crippen LogP contribution in [-0.4, -0.2) is 49.0 Å². The van der Waals surface area contributed by atoms with Gasteiger partial charge in [0, 0.05) is 20.3 Å². The van der Waals surface area contributed by atoms with Gasteiger partial charge in [-0.25, -0.2) is 9.78 Å². The van der Waals surface area contributed by atoms with Crippen molar-refractivity contribution < 1.29 is 14.3 Å². The van der Waals surface area contributed by atoms with E-state index < -0.39 is 5.97 Å². The summed E-state index contributed by atoms with van der Waals surface area (Å²) in [5.74, 6) is 0.0884. The van der Waals surface area contributed by atoms with Crippen LogP contribution < -0.4 is 5.32 Å². The molecule has 0 bridgehead atoms. The molecule has 1 amide bonds. The van der Waals surface area contributed by atoms with Crippen LogP contribution in [0.5, 0.6) is 0 Å². The van der Waals surface area contributed by atoms with E-state index >= 15 is 0 Å². The molecule has 6 nitrogen and oxygen atoms in total. The summed E-state index contributed by atoms with van der Waals surface area (Å²) in [6.45, 7) is 2.24. The molecule has 18 heavy (non-hydrogen) atoms. The second-order valence-electron chi connectivity index (χ2n) is 3.79. The Balaban J connectivity index is 2.55. The molecular weight excluding hydrogens is 234 g/mol. The first-order valence-corrected chi connectivity index (χ1v) is 5.61. The van der Waals surface area contributed by atoms with Crippen molar-refractivity contribution in [2.45, 2.75) is 6.92 Å². The topological polar surface area (TPSA) is 71.5 Å². The fraction of sp³-hybridized carbons (Fsp3) is 0.417. The van der Waals surface area contributed by atoms with E-state index in [1.165, 1.54) is 11.1 Å². The maximum atomic E-state index is 11.4. The van der Waals surface area contributed by atoms with Crippen LogP contribution in [0.4, 0.5) is 5.82 Å². The van der Waals surface area contributed by atoms with Gasteiger partial charge in [0.15, 0.2) is 0 Å². The molecule has 0 saturated heterocycles. The lowest BCUT2D eigenvalue weighted by Crippen LogP contribution is -2.28. The van der Waals surface area contributed by atoms with Gasteiger partial charge < -0.3 is 15.0 Å². The van der Waals surface area contributed by atoms with Crippen molar-refractivity contribution in [3.8, 4) is 0 Å². The number of ether oxygens (including phenoxy) is 1. The number of nitrogens with one attached hydrogen (secondary N) is 1. The SMILES string of the molecule is CCOC(=O)c1ccc(NCC(=O)N(C)C)nc1. The predicted molar refractivity (Wildman–Crippen MR) is 67.4 cm³/mol. The summed E-state index contributed by atoms with van der Waals surface area (Å²) in [7, 11) is 3.36. The van der Waals surface area contributed by atoms with E-state index in [-0.39, 0.29) is 12.5 Å². The first kappa shape index (κ1) is 14.0. The van der Waals surface area contributed by atoms with Gasteiger partial charge in [0.25, 0.3) is 0 Å². The zero-order valence-corrected chi connectivity index (χ0v) is 10.8. The van der Waals surface area contributed by atoms with Gasteiger partial charge in [-0.3, -0.25) is 4.79 Å². The predicted octanol–water partition coefficient (Wildman–Crippen LogP) is 0.758. The molecule has 0 radical (unpaired) electrons. The maximum absolute atomic E-state index is 11.4. The summed E-state index contributed by atoms with van der Waals surface area (Å²) in [6, 6.07) is 3.24. The average Bonchev–Trinajstić information content (AvgIpc) is 2.36. The second kappa shape index (κ2) is 6.58. The standard InChI is InChI=1S/C12H17N3O3/c1-4-18-12(17)9-5-6-10(13-7-9)14-8-11(16)15(2)3/h5-7H,4,8H2,1-3H3,(H,13,14). The van der Waals surface area contributed by atoms with Crippen LogP contribution in [0.25, 0.3) is 0 Å². The summed E-state index contributed by atoms with van der Waals surface area (Å²) in [6.07, 6.45) is 1.42. The average molecular weight is 251 g/mol. The van der Waals surface area contributed by atoms with Crippen LogP contribution in [0.2, 0.25) is 0 Å². The largest absolute Gasteiger partial charge is 0.462 e. The molecule has 0 saturated carbocycles. The summed E-state index contributed by atoms with van der Waals surface area (Å²) >= 11 is 0. The van der Waals surface area contributed by atoms with Crippen molar-refractivity contribution in [1.82, 2.24) is 9.88 Å².